The minimum absolute atomic E-state index is 0.144. The number of carbonyl (C=O) groups excluding carboxylic acids is 1. The van der Waals surface area contributed by atoms with E-state index in [0.29, 0.717) is 78.4 Å². The summed E-state index contributed by atoms with van der Waals surface area (Å²) in [6.07, 6.45) is 5.65. The fourth-order valence-corrected chi connectivity index (χ4v) is 6.12. The van der Waals surface area contributed by atoms with Crippen molar-refractivity contribution in [2.24, 2.45) is 0 Å². The molecule has 42 heavy (non-hydrogen) atoms. The van der Waals surface area contributed by atoms with Gasteiger partial charge in [0.15, 0.2) is 5.65 Å². The fourth-order valence-electron chi connectivity index (χ4n) is 6.12. The molecule has 3 aromatic heterocycles. The van der Waals surface area contributed by atoms with Crippen LogP contribution in [-0.4, -0.2) is 91.2 Å². The van der Waals surface area contributed by atoms with E-state index in [9.17, 15) is 15.2 Å². The van der Waals surface area contributed by atoms with Crippen molar-refractivity contribution in [3.63, 3.8) is 0 Å². The lowest BCUT2D eigenvalue weighted by Gasteiger charge is -2.48. The van der Waals surface area contributed by atoms with Gasteiger partial charge in [0.2, 0.25) is 0 Å². The van der Waals surface area contributed by atoms with E-state index in [1.54, 1.807) is 52.2 Å². The molecule has 1 N–H and O–H groups in total. The number of amides is 1. The van der Waals surface area contributed by atoms with E-state index in [1.807, 2.05) is 20.9 Å². The summed E-state index contributed by atoms with van der Waals surface area (Å²) < 4.78 is 17.0. The third-order valence-corrected chi connectivity index (χ3v) is 8.58. The lowest BCUT2D eigenvalue weighted by molar-refractivity contribution is -0.159. The number of hydrogen-bond donors (Lipinski definition) is 1. The van der Waals surface area contributed by atoms with Crippen molar-refractivity contribution in [1.82, 2.24) is 29.3 Å². The van der Waals surface area contributed by atoms with E-state index in [1.165, 1.54) is 12.4 Å². The van der Waals surface area contributed by atoms with Crippen LogP contribution in [0.5, 0.6) is 0 Å². The number of likely N-dealkylation sites (tertiary alicyclic amines) is 1. The second kappa shape index (κ2) is 10.8. The molecule has 10 nitrogen and oxygen atoms in total. The van der Waals surface area contributed by atoms with Crippen molar-refractivity contribution in [1.29, 1.82) is 5.26 Å². The van der Waals surface area contributed by atoms with Gasteiger partial charge < -0.3 is 19.8 Å². The third-order valence-electron chi connectivity index (χ3n) is 8.58. The summed E-state index contributed by atoms with van der Waals surface area (Å²) in [6.45, 7) is 6.23. The number of nitrogens with zero attached hydrogens (tertiary/aromatic N) is 8. The number of nitriles is 1. The van der Waals surface area contributed by atoms with Crippen LogP contribution in [0.2, 0.25) is 0 Å². The minimum Gasteiger partial charge on any atom is -0.380 e. The molecule has 216 valence electrons. The molecule has 2 atom stereocenters. The van der Waals surface area contributed by atoms with Crippen molar-refractivity contribution in [2.75, 3.05) is 38.1 Å². The van der Waals surface area contributed by atoms with Gasteiger partial charge in [0.25, 0.3) is 5.91 Å². The van der Waals surface area contributed by atoms with Crippen LogP contribution in [0.15, 0.2) is 55.1 Å². The first kappa shape index (κ1) is 27.8. The van der Waals surface area contributed by atoms with Gasteiger partial charge in [-0.1, -0.05) is 18.2 Å². The summed E-state index contributed by atoms with van der Waals surface area (Å²) in [5.41, 5.74) is 0.609. The number of benzene rings is 1. The van der Waals surface area contributed by atoms with Gasteiger partial charge in [0.1, 0.15) is 29.4 Å². The Morgan fingerprint density at radius 2 is 1.83 bits per heavy atom. The predicted molar refractivity (Wildman–Crippen MR) is 156 cm³/mol. The highest BCUT2D eigenvalue weighted by molar-refractivity contribution is 6.02. The fraction of sp³-hybridized carbons (Fsp3) is 0.387. The van der Waals surface area contributed by atoms with Crippen LogP contribution in [0.1, 0.15) is 32.3 Å². The Bertz CT molecular complexity index is 1690. The Kier molecular flexibility index (Phi) is 7.12. The molecule has 2 saturated heterocycles. The molecule has 2 aliphatic heterocycles. The van der Waals surface area contributed by atoms with Crippen molar-refractivity contribution >= 4 is 22.8 Å². The quantitative estimate of drug-likeness (QED) is 0.399. The Labute approximate surface area is 243 Å². The summed E-state index contributed by atoms with van der Waals surface area (Å²) in [6, 6.07) is 11.6. The molecular formula is C31H33FN8O2. The van der Waals surface area contributed by atoms with Gasteiger partial charge in [0, 0.05) is 61.8 Å². The highest BCUT2D eigenvalue weighted by atomic mass is 19.1. The van der Waals surface area contributed by atoms with E-state index in [2.05, 4.69) is 25.8 Å². The average Bonchev–Trinajstić information content (AvgIpc) is 3.39. The number of piperazine rings is 1. The number of rotatable bonds is 4. The van der Waals surface area contributed by atoms with Crippen molar-refractivity contribution in [2.45, 2.75) is 44.4 Å². The van der Waals surface area contributed by atoms with Crippen LogP contribution < -0.4 is 4.90 Å². The van der Waals surface area contributed by atoms with Crippen molar-refractivity contribution in [3.8, 4) is 23.0 Å². The summed E-state index contributed by atoms with van der Waals surface area (Å²) in [7, 11) is 2.00. The zero-order chi connectivity index (χ0) is 29.6. The van der Waals surface area contributed by atoms with Crippen molar-refractivity contribution < 1.29 is 14.3 Å². The Balaban J connectivity index is 1.42. The normalized spacial score (nSPS) is 21.0. The van der Waals surface area contributed by atoms with E-state index < -0.39 is 5.60 Å². The molecule has 0 radical (unpaired) electrons. The maximum absolute atomic E-state index is 15.2. The molecule has 6 rings (SSSR count). The second-order valence-corrected chi connectivity index (χ2v) is 11.4. The van der Waals surface area contributed by atoms with Gasteiger partial charge in [-0.15, -0.1) is 0 Å². The topological polar surface area (TPSA) is 114 Å². The van der Waals surface area contributed by atoms with Gasteiger partial charge in [-0.3, -0.25) is 9.36 Å². The van der Waals surface area contributed by atoms with E-state index in [-0.39, 0.29) is 23.8 Å². The van der Waals surface area contributed by atoms with E-state index in [0.717, 1.165) is 0 Å². The van der Waals surface area contributed by atoms with Gasteiger partial charge in [-0.2, -0.15) is 5.26 Å². The largest absolute Gasteiger partial charge is 0.380 e. The molecule has 2 aliphatic rings. The minimum atomic E-state index is -1.36. The van der Waals surface area contributed by atoms with Crippen LogP contribution in [0.4, 0.5) is 10.2 Å². The summed E-state index contributed by atoms with van der Waals surface area (Å²) in [4.78, 5) is 33.4. The monoisotopic (exact) mass is 568 g/mol. The summed E-state index contributed by atoms with van der Waals surface area (Å²) in [5, 5.41) is 21.4. The Hall–Kier alpha value is -4.40. The number of aromatic nitrogens is 4. The van der Waals surface area contributed by atoms with E-state index >= 15 is 4.39 Å². The molecule has 4 aromatic rings. The van der Waals surface area contributed by atoms with Crippen LogP contribution in [-0.2, 0) is 4.79 Å². The maximum atomic E-state index is 15.2. The third kappa shape index (κ3) is 4.76. The molecule has 11 heteroatoms. The molecule has 0 aliphatic carbocycles. The number of piperidine rings is 1. The van der Waals surface area contributed by atoms with Crippen LogP contribution >= 0.6 is 0 Å². The highest BCUT2D eigenvalue weighted by Crippen LogP contribution is 2.39. The maximum Gasteiger partial charge on any atom is 0.255 e. The first-order chi connectivity index (χ1) is 20.2. The van der Waals surface area contributed by atoms with Crippen LogP contribution in [0.25, 0.3) is 28.0 Å². The molecular weight excluding hydrogens is 535 g/mol. The molecule has 5 heterocycles. The van der Waals surface area contributed by atoms with Gasteiger partial charge in [-0.05, 0) is 51.9 Å². The number of carbonyl (C=O) groups is 1. The number of halogens is 1. The van der Waals surface area contributed by atoms with Gasteiger partial charge in [-0.25, -0.2) is 19.3 Å². The zero-order valence-corrected chi connectivity index (χ0v) is 23.9. The molecule has 0 unspecified atom stereocenters. The highest BCUT2D eigenvalue weighted by Gasteiger charge is 2.45. The first-order valence-corrected chi connectivity index (χ1v) is 14.2. The molecule has 2 fully saturated rings. The lowest BCUT2D eigenvalue weighted by Crippen LogP contribution is -2.64. The van der Waals surface area contributed by atoms with Crippen LogP contribution in [0.3, 0.4) is 0 Å². The second-order valence-electron chi connectivity index (χ2n) is 11.4. The van der Waals surface area contributed by atoms with Crippen LogP contribution in [0, 0.1) is 17.1 Å². The summed E-state index contributed by atoms with van der Waals surface area (Å²) in [5.74, 6) is 0.504. The standard InChI is InChI=1S/C31H33FN8O2/c1-20-17-39(30(41)31(42)9-12-37(3)13-10-31)21(2)16-38(20)28-27-24(23-6-4-5-7-25(23)32)18-40(29(27)36-19-35-28)26-14-22(15-33)8-11-34-26/h4-8,11,14,18-21,42H,9-10,12-13,16-17H2,1-3H3/t20-,21+/m0/s1. The molecule has 1 amide bonds. The van der Waals surface area contributed by atoms with E-state index in [4.69, 9.17) is 4.98 Å². The number of aliphatic hydroxyl groups is 1. The predicted octanol–water partition coefficient (Wildman–Crippen LogP) is 3.38. The van der Waals surface area contributed by atoms with Crippen molar-refractivity contribution in [3.05, 3.63) is 66.5 Å². The molecule has 0 spiro atoms. The summed E-state index contributed by atoms with van der Waals surface area (Å²) >= 11 is 0. The number of pyridine rings is 1. The molecule has 0 bridgehead atoms. The number of anilines is 1. The first-order valence-electron chi connectivity index (χ1n) is 14.2. The molecule has 1 aromatic carbocycles. The zero-order valence-electron chi connectivity index (χ0n) is 23.9. The number of fused-ring (bicyclic) bond motifs is 1. The van der Waals surface area contributed by atoms with Gasteiger partial charge in [0.05, 0.1) is 17.0 Å². The lowest BCUT2D eigenvalue weighted by atomic mass is 9.89. The SMILES string of the molecule is C[C@@H]1CN(c2ncnc3c2c(-c2ccccc2F)cn3-c2cc(C#N)ccn2)[C@@H](C)CN1C(=O)C1(O)CCN(C)CC1. The number of hydrogen-bond acceptors (Lipinski definition) is 8. The molecule has 0 saturated carbocycles. The Morgan fingerprint density at radius 1 is 1.07 bits per heavy atom. The average molecular weight is 569 g/mol. The Morgan fingerprint density at radius 3 is 2.57 bits per heavy atom. The smallest absolute Gasteiger partial charge is 0.255 e. The van der Waals surface area contributed by atoms with Gasteiger partial charge >= 0.3 is 0 Å².